The van der Waals surface area contributed by atoms with E-state index < -0.39 is 0 Å². The second kappa shape index (κ2) is 10.1. The molecule has 0 atom stereocenters. The molecule has 0 bridgehead atoms. The van der Waals surface area contributed by atoms with Gasteiger partial charge in [0.05, 0.1) is 12.1 Å². The number of nitrogen functional groups attached to an aromatic ring is 1. The van der Waals surface area contributed by atoms with E-state index in [0.717, 1.165) is 52.9 Å². The Morgan fingerprint density at radius 2 is 1.86 bits per heavy atom. The number of piperidine rings is 1. The van der Waals surface area contributed by atoms with Crippen molar-refractivity contribution in [2.75, 3.05) is 18.8 Å². The molecule has 1 aliphatic rings. The molecule has 0 spiro atoms. The lowest BCUT2D eigenvalue weighted by Gasteiger charge is -2.22. The standard InChI is InChI=1S/C29H33N7/c30-29-28-26(17-25(36(28)33-20-32-29)9-5-4-6-21-12-14-31-15-13-21)23-10-11-24-19-35(34-27(24)16-23)18-22-7-2-1-3-8-22/h1-3,7-8,10-11,16-17,19-21,31H,4-6,9,12-15,18H2,(H2,30,32,33). The maximum atomic E-state index is 6.37. The Morgan fingerprint density at radius 3 is 2.72 bits per heavy atom. The number of hydrogen-bond donors (Lipinski definition) is 2. The number of rotatable bonds is 8. The zero-order chi connectivity index (χ0) is 24.3. The lowest BCUT2D eigenvalue weighted by atomic mass is 9.92. The van der Waals surface area contributed by atoms with Crippen LogP contribution in [-0.4, -0.2) is 37.5 Å². The minimum atomic E-state index is 0.510. The van der Waals surface area contributed by atoms with Crippen molar-refractivity contribution >= 4 is 22.2 Å². The fourth-order valence-electron chi connectivity index (χ4n) is 5.53. The van der Waals surface area contributed by atoms with Gasteiger partial charge in [-0.2, -0.15) is 10.2 Å². The van der Waals surface area contributed by atoms with Gasteiger partial charge in [0.15, 0.2) is 5.82 Å². The highest BCUT2D eigenvalue weighted by molar-refractivity contribution is 5.92. The molecule has 1 aliphatic heterocycles. The van der Waals surface area contributed by atoms with Crippen LogP contribution in [0, 0.1) is 5.92 Å². The molecule has 6 rings (SSSR count). The quantitative estimate of drug-likeness (QED) is 0.303. The number of nitrogens with one attached hydrogen (secondary N) is 1. The Kier molecular flexibility index (Phi) is 6.38. The first kappa shape index (κ1) is 22.7. The van der Waals surface area contributed by atoms with Crippen molar-refractivity contribution in [1.82, 2.24) is 29.7 Å². The van der Waals surface area contributed by atoms with Crippen molar-refractivity contribution in [3.8, 4) is 11.1 Å². The topological polar surface area (TPSA) is 86.1 Å². The Balaban J connectivity index is 1.25. The maximum Gasteiger partial charge on any atom is 0.151 e. The molecule has 5 aromatic rings. The number of aryl methyl sites for hydroxylation is 1. The molecular formula is C29H33N7. The van der Waals surface area contributed by atoms with Gasteiger partial charge in [-0.15, -0.1) is 0 Å². The first-order valence-corrected chi connectivity index (χ1v) is 13.1. The van der Waals surface area contributed by atoms with Gasteiger partial charge < -0.3 is 11.1 Å². The SMILES string of the molecule is Nc1ncnn2c(CCCCC3CCNCC3)cc(-c3ccc4cn(Cc5ccccc5)nc4c3)c12. The van der Waals surface area contributed by atoms with Gasteiger partial charge in [0.25, 0.3) is 0 Å². The first-order valence-electron chi connectivity index (χ1n) is 13.1. The molecule has 184 valence electrons. The molecule has 4 heterocycles. The van der Waals surface area contributed by atoms with Gasteiger partial charge >= 0.3 is 0 Å². The fraction of sp³-hybridized carbons (Fsp3) is 0.345. The molecule has 0 aliphatic carbocycles. The summed E-state index contributed by atoms with van der Waals surface area (Å²) in [6, 6.07) is 19.1. The molecule has 7 nitrogen and oxygen atoms in total. The van der Waals surface area contributed by atoms with E-state index in [1.54, 1.807) is 6.33 Å². The normalized spacial score (nSPS) is 14.7. The molecule has 0 radical (unpaired) electrons. The Labute approximate surface area is 211 Å². The minimum absolute atomic E-state index is 0.510. The van der Waals surface area contributed by atoms with Crippen LogP contribution in [-0.2, 0) is 13.0 Å². The predicted octanol–water partition coefficient (Wildman–Crippen LogP) is 5.09. The molecule has 0 amide bonds. The van der Waals surface area contributed by atoms with Crippen LogP contribution in [0.4, 0.5) is 5.82 Å². The van der Waals surface area contributed by atoms with Gasteiger partial charge in [-0.3, -0.25) is 4.68 Å². The van der Waals surface area contributed by atoms with Crippen LogP contribution < -0.4 is 11.1 Å². The number of unbranched alkanes of at least 4 members (excludes halogenated alkanes) is 1. The van der Waals surface area contributed by atoms with Crippen molar-refractivity contribution < 1.29 is 0 Å². The third-order valence-electron chi connectivity index (χ3n) is 7.46. The second-order valence-corrected chi connectivity index (χ2v) is 9.98. The maximum absolute atomic E-state index is 6.37. The molecule has 36 heavy (non-hydrogen) atoms. The largest absolute Gasteiger partial charge is 0.382 e. The smallest absolute Gasteiger partial charge is 0.151 e. The fourth-order valence-corrected chi connectivity index (χ4v) is 5.53. The highest BCUT2D eigenvalue weighted by Crippen LogP contribution is 2.33. The summed E-state index contributed by atoms with van der Waals surface area (Å²) in [5.41, 5.74) is 12.8. The summed E-state index contributed by atoms with van der Waals surface area (Å²) >= 11 is 0. The van der Waals surface area contributed by atoms with Crippen molar-refractivity contribution in [3.63, 3.8) is 0 Å². The van der Waals surface area contributed by atoms with Crippen LogP contribution in [0.5, 0.6) is 0 Å². The van der Waals surface area contributed by atoms with Crippen LogP contribution in [0.15, 0.2) is 67.1 Å². The van der Waals surface area contributed by atoms with E-state index in [0.29, 0.717) is 5.82 Å². The van der Waals surface area contributed by atoms with E-state index in [1.807, 2.05) is 15.3 Å². The molecule has 2 aromatic carbocycles. The van der Waals surface area contributed by atoms with Crippen molar-refractivity contribution in [1.29, 1.82) is 0 Å². The van der Waals surface area contributed by atoms with E-state index >= 15 is 0 Å². The molecular weight excluding hydrogens is 446 g/mol. The van der Waals surface area contributed by atoms with Crippen LogP contribution in [0.3, 0.4) is 0 Å². The Bertz CT molecular complexity index is 1460. The zero-order valence-electron chi connectivity index (χ0n) is 20.6. The van der Waals surface area contributed by atoms with E-state index in [9.17, 15) is 0 Å². The number of fused-ring (bicyclic) bond motifs is 2. The summed E-state index contributed by atoms with van der Waals surface area (Å²) in [4.78, 5) is 4.30. The second-order valence-electron chi connectivity index (χ2n) is 9.98. The molecule has 1 fully saturated rings. The molecule has 7 heteroatoms. The third kappa shape index (κ3) is 4.71. The Morgan fingerprint density at radius 1 is 1.00 bits per heavy atom. The third-order valence-corrected chi connectivity index (χ3v) is 7.46. The van der Waals surface area contributed by atoms with Crippen LogP contribution in [0.2, 0.25) is 0 Å². The Hall–Kier alpha value is -3.71. The van der Waals surface area contributed by atoms with E-state index in [1.165, 1.54) is 50.0 Å². The molecule has 0 saturated carbocycles. The lowest BCUT2D eigenvalue weighted by Crippen LogP contribution is -2.27. The molecule has 0 unspecified atom stereocenters. The number of aromatic nitrogens is 5. The number of hydrogen-bond acceptors (Lipinski definition) is 5. The minimum Gasteiger partial charge on any atom is -0.382 e. The molecule has 3 aromatic heterocycles. The summed E-state index contributed by atoms with van der Waals surface area (Å²) < 4.78 is 3.99. The highest BCUT2D eigenvalue weighted by atomic mass is 15.3. The van der Waals surface area contributed by atoms with Gasteiger partial charge in [0.1, 0.15) is 11.8 Å². The van der Waals surface area contributed by atoms with Crippen LogP contribution >= 0.6 is 0 Å². The number of benzene rings is 2. The number of nitrogens with zero attached hydrogens (tertiary/aromatic N) is 5. The van der Waals surface area contributed by atoms with E-state index in [-0.39, 0.29) is 0 Å². The highest BCUT2D eigenvalue weighted by Gasteiger charge is 2.17. The summed E-state index contributed by atoms with van der Waals surface area (Å²) in [5.74, 6) is 1.38. The zero-order valence-corrected chi connectivity index (χ0v) is 20.6. The summed E-state index contributed by atoms with van der Waals surface area (Å²) in [7, 11) is 0. The number of anilines is 1. The first-order chi connectivity index (χ1) is 17.7. The number of nitrogens with two attached hydrogens (primary N) is 1. The van der Waals surface area contributed by atoms with Crippen LogP contribution in [0.1, 0.15) is 43.4 Å². The van der Waals surface area contributed by atoms with Crippen molar-refractivity contribution in [2.45, 2.75) is 45.1 Å². The van der Waals surface area contributed by atoms with Gasteiger partial charge in [-0.25, -0.2) is 9.50 Å². The summed E-state index contributed by atoms with van der Waals surface area (Å²) in [6.45, 7) is 3.09. The van der Waals surface area contributed by atoms with E-state index in [2.05, 4.69) is 70.1 Å². The van der Waals surface area contributed by atoms with Gasteiger partial charge in [-0.1, -0.05) is 55.3 Å². The van der Waals surface area contributed by atoms with Gasteiger partial charge in [-0.05, 0) is 68.0 Å². The van der Waals surface area contributed by atoms with Crippen molar-refractivity contribution in [2.24, 2.45) is 5.92 Å². The average molecular weight is 480 g/mol. The summed E-state index contributed by atoms with van der Waals surface area (Å²) in [6.07, 6.45) is 11.0. The van der Waals surface area contributed by atoms with Crippen LogP contribution in [0.25, 0.3) is 27.5 Å². The monoisotopic (exact) mass is 479 g/mol. The summed E-state index contributed by atoms with van der Waals surface area (Å²) in [5, 5.41) is 14.0. The molecule has 3 N–H and O–H groups in total. The average Bonchev–Trinajstić information content (AvgIpc) is 3.49. The predicted molar refractivity (Wildman–Crippen MR) is 145 cm³/mol. The lowest BCUT2D eigenvalue weighted by molar-refractivity contribution is 0.344. The van der Waals surface area contributed by atoms with E-state index in [4.69, 9.17) is 10.8 Å². The molecule has 1 saturated heterocycles. The van der Waals surface area contributed by atoms with Gasteiger partial charge in [0, 0.05) is 22.8 Å². The van der Waals surface area contributed by atoms with Gasteiger partial charge in [0.2, 0.25) is 0 Å². The van der Waals surface area contributed by atoms with Crippen molar-refractivity contribution in [3.05, 3.63) is 78.4 Å².